The lowest BCUT2D eigenvalue weighted by Crippen LogP contribution is -2.33. The first kappa shape index (κ1) is 12.5. The maximum atomic E-state index is 11.3. The molecule has 0 aromatic heterocycles. The SMILES string of the molecule is O=C1CCN(c2cccc(CC3CCCNC3)c2)N1. The van der Waals surface area contributed by atoms with Crippen LogP contribution in [0.4, 0.5) is 5.69 Å². The number of amides is 1. The summed E-state index contributed by atoms with van der Waals surface area (Å²) < 4.78 is 0. The van der Waals surface area contributed by atoms with E-state index in [1.807, 2.05) is 5.01 Å². The molecule has 2 heterocycles. The minimum atomic E-state index is 0.113. The second-order valence-electron chi connectivity index (χ2n) is 5.52. The van der Waals surface area contributed by atoms with Crippen molar-refractivity contribution < 1.29 is 4.79 Å². The summed E-state index contributed by atoms with van der Waals surface area (Å²) in [6.07, 6.45) is 4.32. The van der Waals surface area contributed by atoms with Crippen LogP contribution < -0.4 is 15.8 Å². The van der Waals surface area contributed by atoms with Crippen LogP contribution in [0, 0.1) is 5.92 Å². The number of nitrogens with zero attached hydrogens (tertiary/aromatic N) is 1. The monoisotopic (exact) mass is 259 g/mol. The minimum absolute atomic E-state index is 0.113. The van der Waals surface area contributed by atoms with E-state index in [9.17, 15) is 4.79 Å². The van der Waals surface area contributed by atoms with Crippen LogP contribution in [0.5, 0.6) is 0 Å². The van der Waals surface area contributed by atoms with Gasteiger partial charge in [0.15, 0.2) is 0 Å². The first-order chi connectivity index (χ1) is 9.31. The predicted molar refractivity (Wildman–Crippen MR) is 75.8 cm³/mol. The van der Waals surface area contributed by atoms with Crippen LogP contribution in [0.15, 0.2) is 24.3 Å². The van der Waals surface area contributed by atoms with Gasteiger partial charge in [-0.3, -0.25) is 15.2 Å². The van der Waals surface area contributed by atoms with Crippen molar-refractivity contribution in [2.45, 2.75) is 25.7 Å². The molecule has 1 aromatic carbocycles. The van der Waals surface area contributed by atoms with Crippen molar-refractivity contribution in [3.8, 4) is 0 Å². The van der Waals surface area contributed by atoms with Crippen molar-refractivity contribution in [2.24, 2.45) is 5.92 Å². The van der Waals surface area contributed by atoms with Crippen LogP contribution in [0.1, 0.15) is 24.8 Å². The van der Waals surface area contributed by atoms with Gasteiger partial charge in [-0.25, -0.2) is 0 Å². The Morgan fingerprint density at radius 2 is 2.32 bits per heavy atom. The maximum absolute atomic E-state index is 11.3. The van der Waals surface area contributed by atoms with Gasteiger partial charge in [0.25, 0.3) is 0 Å². The van der Waals surface area contributed by atoms with Crippen LogP contribution in [-0.4, -0.2) is 25.5 Å². The zero-order valence-electron chi connectivity index (χ0n) is 11.2. The summed E-state index contributed by atoms with van der Waals surface area (Å²) in [7, 11) is 0. The Hall–Kier alpha value is -1.55. The van der Waals surface area contributed by atoms with Gasteiger partial charge in [0, 0.05) is 13.0 Å². The van der Waals surface area contributed by atoms with E-state index in [0.29, 0.717) is 6.42 Å². The Bertz CT molecular complexity index is 454. The lowest BCUT2D eigenvalue weighted by atomic mass is 9.92. The normalized spacial score (nSPS) is 23.5. The molecule has 1 unspecified atom stereocenters. The average Bonchev–Trinajstić information content (AvgIpc) is 2.87. The number of nitrogens with one attached hydrogen (secondary N) is 2. The first-order valence-corrected chi connectivity index (χ1v) is 7.18. The van der Waals surface area contributed by atoms with Crippen LogP contribution in [0.3, 0.4) is 0 Å². The largest absolute Gasteiger partial charge is 0.316 e. The van der Waals surface area contributed by atoms with Crippen LogP contribution in [-0.2, 0) is 11.2 Å². The highest BCUT2D eigenvalue weighted by Crippen LogP contribution is 2.21. The molecule has 19 heavy (non-hydrogen) atoms. The Kier molecular flexibility index (Phi) is 3.69. The van der Waals surface area contributed by atoms with E-state index in [-0.39, 0.29) is 5.91 Å². The molecule has 1 atom stereocenters. The van der Waals surface area contributed by atoms with E-state index >= 15 is 0 Å². The minimum Gasteiger partial charge on any atom is -0.316 e. The molecule has 0 aliphatic carbocycles. The standard InChI is InChI=1S/C15H21N3O/c19-15-6-8-18(17-15)14-5-1-3-12(10-14)9-13-4-2-7-16-11-13/h1,3,5,10,13,16H,2,4,6-9,11H2,(H,17,19). The fourth-order valence-corrected chi connectivity index (χ4v) is 2.95. The summed E-state index contributed by atoms with van der Waals surface area (Å²) in [5.74, 6) is 0.860. The summed E-state index contributed by atoms with van der Waals surface area (Å²) in [5, 5.41) is 5.41. The van der Waals surface area contributed by atoms with E-state index < -0.39 is 0 Å². The Morgan fingerprint density at radius 1 is 1.37 bits per heavy atom. The van der Waals surface area contributed by atoms with Crippen LogP contribution in [0.25, 0.3) is 0 Å². The lowest BCUT2D eigenvalue weighted by Gasteiger charge is -2.23. The number of carbonyl (C=O) groups excluding carboxylic acids is 1. The van der Waals surface area contributed by atoms with Crippen molar-refractivity contribution in [3.63, 3.8) is 0 Å². The summed E-state index contributed by atoms with van der Waals surface area (Å²) in [5.41, 5.74) is 5.35. The molecule has 3 rings (SSSR count). The summed E-state index contributed by atoms with van der Waals surface area (Å²) >= 11 is 0. The summed E-state index contributed by atoms with van der Waals surface area (Å²) in [4.78, 5) is 11.3. The number of hydrogen-bond donors (Lipinski definition) is 2. The molecule has 1 aromatic rings. The molecular weight excluding hydrogens is 238 g/mol. The number of rotatable bonds is 3. The van der Waals surface area contributed by atoms with Gasteiger partial charge >= 0.3 is 0 Å². The zero-order valence-corrected chi connectivity index (χ0v) is 11.2. The molecule has 4 nitrogen and oxygen atoms in total. The quantitative estimate of drug-likeness (QED) is 0.864. The smallest absolute Gasteiger partial charge is 0.240 e. The fraction of sp³-hybridized carbons (Fsp3) is 0.533. The summed E-state index contributed by atoms with van der Waals surface area (Å²) in [6, 6.07) is 8.55. The third-order valence-corrected chi connectivity index (χ3v) is 3.97. The van der Waals surface area contributed by atoms with Gasteiger partial charge in [-0.2, -0.15) is 0 Å². The highest BCUT2D eigenvalue weighted by Gasteiger charge is 2.19. The number of hydrogen-bond acceptors (Lipinski definition) is 3. The zero-order chi connectivity index (χ0) is 13.1. The number of carbonyl (C=O) groups is 1. The van der Waals surface area contributed by atoms with Crippen molar-refractivity contribution in [1.29, 1.82) is 0 Å². The van der Waals surface area contributed by atoms with E-state index in [2.05, 4.69) is 35.0 Å². The highest BCUT2D eigenvalue weighted by molar-refractivity contribution is 5.81. The van der Waals surface area contributed by atoms with Crippen molar-refractivity contribution in [2.75, 3.05) is 24.6 Å². The molecule has 0 saturated carbocycles. The molecule has 2 fully saturated rings. The molecule has 4 heteroatoms. The molecule has 1 amide bonds. The average molecular weight is 259 g/mol. The molecule has 2 saturated heterocycles. The number of anilines is 1. The van der Waals surface area contributed by atoms with Gasteiger partial charge in [0.1, 0.15) is 0 Å². The molecule has 2 aliphatic rings. The van der Waals surface area contributed by atoms with E-state index in [0.717, 1.165) is 37.7 Å². The number of hydrazine groups is 1. The third-order valence-electron chi connectivity index (χ3n) is 3.97. The number of piperidine rings is 1. The first-order valence-electron chi connectivity index (χ1n) is 7.18. The third kappa shape index (κ3) is 3.07. The molecule has 0 radical (unpaired) electrons. The maximum Gasteiger partial charge on any atom is 0.240 e. The molecule has 2 aliphatic heterocycles. The molecule has 0 bridgehead atoms. The molecule has 0 spiro atoms. The summed E-state index contributed by atoms with van der Waals surface area (Å²) in [6.45, 7) is 3.06. The van der Waals surface area contributed by atoms with Gasteiger partial charge in [-0.15, -0.1) is 0 Å². The van der Waals surface area contributed by atoms with Crippen molar-refractivity contribution >= 4 is 11.6 Å². The highest BCUT2D eigenvalue weighted by atomic mass is 16.2. The van der Waals surface area contributed by atoms with Crippen molar-refractivity contribution in [1.82, 2.24) is 10.7 Å². The van der Waals surface area contributed by atoms with Gasteiger partial charge < -0.3 is 5.32 Å². The Morgan fingerprint density at radius 3 is 3.05 bits per heavy atom. The van der Waals surface area contributed by atoms with Gasteiger partial charge in [-0.1, -0.05) is 12.1 Å². The van der Waals surface area contributed by atoms with E-state index in [1.165, 1.54) is 18.4 Å². The molecule has 2 N–H and O–H groups in total. The van der Waals surface area contributed by atoms with Crippen LogP contribution in [0.2, 0.25) is 0 Å². The molecule has 102 valence electrons. The van der Waals surface area contributed by atoms with Gasteiger partial charge in [-0.05, 0) is 56.0 Å². The van der Waals surface area contributed by atoms with Crippen molar-refractivity contribution in [3.05, 3.63) is 29.8 Å². The number of benzene rings is 1. The van der Waals surface area contributed by atoms with Crippen LogP contribution >= 0.6 is 0 Å². The second-order valence-corrected chi connectivity index (χ2v) is 5.52. The fourth-order valence-electron chi connectivity index (χ4n) is 2.95. The second kappa shape index (κ2) is 5.61. The Labute approximate surface area is 114 Å². The Balaban J connectivity index is 1.67. The lowest BCUT2D eigenvalue weighted by molar-refractivity contribution is -0.119. The van der Waals surface area contributed by atoms with E-state index in [4.69, 9.17) is 0 Å². The molecular formula is C15H21N3O. The van der Waals surface area contributed by atoms with Gasteiger partial charge in [0.05, 0.1) is 5.69 Å². The predicted octanol–water partition coefficient (Wildman–Crippen LogP) is 1.47. The topological polar surface area (TPSA) is 44.4 Å². The van der Waals surface area contributed by atoms with Gasteiger partial charge in [0.2, 0.25) is 5.91 Å². The van der Waals surface area contributed by atoms with E-state index in [1.54, 1.807) is 0 Å².